The second kappa shape index (κ2) is 9.38. The second-order valence-electron chi connectivity index (χ2n) is 6.62. The van der Waals surface area contributed by atoms with E-state index in [-0.39, 0.29) is 5.91 Å². The fraction of sp³-hybridized carbons (Fsp3) is 0.381. The summed E-state index contributed by atoms with van der Waals surface area (Å²) in [5.41, 5.74) is 3.41. The number of hydrogen-bond donors (Lipinski definition) is 0. The lowest BCUT2D eigenvalue weighted by Gasteiger charge is -2.18. The van der Waals surface area contributed by atoms with Crippen LogP contribution < -0.4 is 9.47 Å². The summed E-state index contributed by atoms with van der Waals surface area (Å²) in [6, 6.07) is 12.0. The van der Waals surface area contributed by atoms with Crippen molar-refractivity contribution in [1.29, 1.82) is 0 Å². The van der Waals surface area contributed by atoms with Gasteiger partial charge in [-0.15, -0.1) is 11.8 Å². The summed E-state index contributed by atoms with van der Waals surface area (Å²) in [5.74, 6) is 2.55. The number of halogens is 1. The number of thioether (sulfide) groups is 1. The molecule has 3 rings (SSSR count). The van der Waals surface area contributed by atoms with Gasteiger partial charge in [-0.2, -0.15) is 0 Å². The number of benzene rings is 2. The summed E-state index contributed by atoms with van der Waals surface area (Å²) in [5, 5.41) is 0.563. The van der Waals surface area contributed by atoms with Gasteiger partial charge >= 0.3 is 0 Å². The minimum atomic E-state index is 0.115. The van der Waals surface area contributed by atoms with E-state index in [1.807, 2.05) is 31.3 Å². The summed E-state index contributed by atoms with van der Waals surface area (Å²) in [6.45, 7) is 3.93. The van der Waals surface area contributed by atoms with Crippen LogP contribution in [-0.2, 0) is 17.1 Å². The van der Waals surface area contributed by atoms with E-state index in [1.54, 1.807) is 16.7 Å². The highest BCUT2D eigenvalue weighted by Gasteiger charge is 2.16. The normalized spacial score (nSPS) is 13.1. The van der Waals surface area contributed by atoms with Crippen molar-refractivity contribution >= 4 is 29.3 Å². The van der Waals surface area contributed by atoms with E-state index in [4.69, 9.17) is 21.1 Å². The van der Waals surface area contributed by atoms with Crippen LogP contribution in [0.25, 0.3) is 0 Å². The van der Waals surface area contributed by atoms with Gasteiger partial charge in [0.1, 0.15) is 0 Å². The first-order chi connectivity index (χ1) is 13.0. The Labute approximate surface area is 169 Å². The Morgan fingerprint density at radius 3 is 2.81 bits per heavy atom. The molecule has 0 aliphatic carbocycles. The lowest BCUT2D eigenvalue weighted by atomic mass is 10.1. The molecule has 0 spiro atoms. The van der Waals surface area contributed by atoms with Crippen LogP contribution in [0, 0.1) is 6.92 Å². The van der Waals surface area contributed by atoms with E-state index in [0.29, 0.717) is 47.8 Å². The molecule has 1 amide bonds. The standard InChI is InChI=1S/C21H24ClNO3S/c1-15-6-3-4-7-17(15)12-23(2)20(24)14-27-13-16-10-18(22)21-19(11-16)25-8-5-9-26-21/h3-4,6-7,10-11H,5,8-9,12-14H2,1-2H3. The predicted molar refractivity (Wildman–Crippen MR) is 111 cm³/mol. The van der Waals surface area contributed by atoms with Crippen LogP contribution in [0.15, 0.2) is 36.4 Å². The van der Waals surface area contributed by atoms with Gasteiger partial charge in [0.05, 0.1) is 24.0 Å². The molecular weight excluding hydrogens is 382 g/mol. The summed E-state index contributed by atoms with van der Waals surface area (Å²) in [4.78, 5) is 14.2. The third-order valence-corrected chi connectivity index (χ3v) is 5.72. The maximum atomic E-state index is 12.4. The molecule has 4 nitrogen and oxygen atoms in total. The van der Waals surface area contributed by atoms with Crippen molar-refractivity contribution in [2.45, 2.75) is 25.6 Å². The average Bonchev–Trinajstić information content (AvgIpc) is 2.89. The van der Waals surface area contributed by atoms with Crippen molar-refractivity contribution < 1.29 is 14.3 Å². The zero-order valence-corrected chi connectivity index (χ0v) is 17.2. The van der Waals surface area contributed by atoms with Crippen molar-refractivity contribution in [2.75, 3.05) is 26.0 Å². The smallest absolute Gasteiger partial charge is 0.232 e. The fourth-order valence-corrected chi connectivity index (χ4v) is 4.05. The molecule has 0 bridgehead atoms. The average molecular weight is 406 g/mol. The highest BCUT2D eigenvalue weighted by atomic mass is 35.5. The van der Waals surface area contributed by atoms with Crippen LogP contribution in [0.5, 0.6) is 11.5 Å². The maximum Gasteiger partial charge on any atom is 0.232 e. The van der Waals surface area contributed by atoms with Gasteiger partial charge in [-0.25, -0.2) is 0 Å². The Morgan fingerprint density at radius 1 is 1.22 bits per heavy atom. The van der Waals surface area contributed by atoms with Crippen LogP contribution in [0.1, 0.15) is 23.1 Å². The molecule has 0 atom stereocenters. The molecule has 1 aliphatic heterocycles. The molecule has 0 saturated carbocycles. The van der Waals surface area contributed by atoms with Gasteiger partial charge in [0.15, 0.2) is 11.5 Å². The number of carbonyl (C=O) groups excluding carboxylic acids is 1. The van der Waals surface area contributed by atoms with Crippen molar-refractivity contribution in [3.8, 4) is 11.5 Å². The molecule has 2 aromatic carbocycles. The molecule has 2 aromatic rings. The zero-order valence-electron chi connectivity index (χ0n) is 15.7. The number of amides is 1. The highest BCUT2D eigenvalue weighted by molar-refractivity contribution is 7.99. The Hall–Kier alpha value is -1.85. The van der Waals surface area contributed by atoms with Crippen molar-refractivity contribution in [3.63, 3.8) is 0 Å². The van der Waals surface area contributed by atoms with Crippen molar-refractivity contribution in [2.24, 2.45) is 0 Å². The molecule has 1 heterocycles. The minimum Gasteiger partial charge on any atom is -0.489 e. The molecule has 0 N–H and O–H groups in total. The molecular formula is C21H24ClNO3S. The molecule has 0 saturated heterocycles. The number of carbonyl (C=O) groups is 1. The second-order valence-corrected chi connectivity index (χ2v) is 8.02. The SMILES string of the molecule is Cc1ccccc1CN(C)C(=O)CSCc1cc(Cl)c2c(c1)OCCCO2. The van der Waals surface area contributed by atoms with E-state index >= 15 is 0 Å². The molecule has 27 heavy (non-hydrogen) atoms. The van der Waals surface area contributed by atoms with Crippen molar-refractivity contribution in [3.05, 3.63) is 58.1 Å². The first-order valence-corrected chi connectivity index (χ1v) is 10.5. The number of rotatable bonds is 6. The Bertz CT molecular complexity index is 812. The van der Waals surface area contributed by atoms with E-state index in [2.05, 4.69) is 19.1 Å². The molecule has 144 valence electrons. The van der Waals surface area contributed by atoms with Gasteiger partial charge in [0.25, 0.3) is 0 Å². The number of fused-ring (bicyclic) bond motifs is 1. The number of hydrogen-bond acceptors (Lipinski definition) is 4. The molecule has 1 aliphatic rings. The van der Waals surface area contributed by atoms with Crippen LogP contribution in [0.4, 0.5) is 0 Å². The predicted octanol–water partition coefficient (Wildman–Crippen LogP) is 4.70. The first-order valence-electron chi connectivity index (χ1n) is 8.99. The van der Waals surface area contributed by atoms with Crippen LogP contribution >= 0.6 is 23.4 Å². The van der Waals surface area contributed by atoms with Gasteiger partial charge in [0, 0.05) is 25.8 Å². The fourth-order valence-electron chi connectivity index (χ4n) is 2.87. The van der Waals surface area contributed by atoms with Gasteiger partial charge < -0.3 is 14.4 Å². The molecule has 0 unspecified atom stereocenters. The van der Waals surface area contributed by atoms with Crippen LogP contribution in [0.2, 0.25) is 5.02 Å². The minimum absolute atomic E-state index is 0.115. The Morgan fingerprint density at radius 2 is 2.00 bits per heavy atom. The molecule has 0 aromatic heterocycles. The lowest BCUT2D eigenvalue weighted by molar-refractivity contribution is -0.127. The number of ether oxygens (including phenoxy) is 2. The third-order valence-electron chi connectivity index (χ3n) is 4.45. The van der Waals surface area contributed by atoms with E-state index in [1.165, 1.54) is 11.1 Å². The monoisotopic (exact) mass is 405 g/mol. The molecule has 0 radical (unpaired) electrons. The zero-order chi connectivity index (χ0) is 19.2. The summed E-state index contributed by atoms with van der Waals surface area (Å²) in [6.07, 6.45) is 0.844. The Balaban J connectivity index is 1.53. The maximum absolute atomic E-state index is 12.4. The van der Waals surface area contributed by atoms with Gasteiger partial charge in [-0.05, 0) is 35.7 Å². The van der Waals surface area contributed by atoms with Gasteiger partial charge in [-0.3, -0.25) is 4.79 Å². The lowest BCUT2D eigenvalue weighted by Crippen LogP contribution is -2.28. The largest absolute Gasteiger partial charge is 0.489 e. The van der Waals surface area contributed by atoms with E-state index in [9.17, 15) is 4.79 Å². The summed E-state index contributed by atoms with van der Waals surface area (Å²) >= 11 is 7.90. The first kappa shape index (κ1) is 19.9. The van der Waals surface area contributed by atoms with E-state index in [0.717, 1.165) is 12.0 Å². The third kappa shape index (κ3) is 5.33. The van der Waals surface area contributed by atoms with Crippen molar-refractivity contribution in [1.82, 2.24) is 4.90 Å². The highest BCUT2D eigenvalue weighted by Crippen LogP contribution is 2.38. The van der Waals surface area contributed by atoms with Gasteiger partial charge in [0.2, 0.25) is 5.91 Å². The van der Waals surface area contributed by atoms with Gasteiger partial charge in [-0.1, -0.05) is 35.9 Å². The van der Waals surface area contributed by atoms with Crippen LogP contribution in [-0.4, -0.2) is 36.8 Å². The summed E-state index contributed by atoms with van der Waals surface area (Å²) < 4.78 is 11.4. The quantitative estimate of drug-likeness (QED) is 0.698. The number of nitrogens with zero attached hydrogens (tertiary/aromatic N) is 1. The topological polar surface area (TPSA) is 38.8 Å². The molecule has 6 heteroatoms. The summed E-state index contributed by atoms with van der Waals surface area (Å²) in [7, 11) is 1.85. The van der Waals surface area contributed by atoms with Crippen LogP contribution in [0.3, 0.4) is 0 Å². The molecule has 0 fully saturated rings. The number of aryl methyl sites for hydroxylation is 1. The Kier molecular flexibility index (Phi) is 6.91. The van der Waals surface area contributed by atoms with E-state index < -0.39 is 0 Å².